The summed E-state index contributed by atoms with van der Waals surface area (Å²) < 4.78 is 24.8. The van der Waals surface area contributed by atoms with Gasteiger partial charge in [-0.3, -0.25) is 0 Å². The molecule has 11 heavy (non-hydrogen) atoms. The van der Waals surface area contributed by atoms with Gasteiger partial charge >= 0.3 is 72.0 Å². The van der Waals surface area contributed by atoms with Gasteiger partial charge in [0.25, 0.3) is 0 Å². The molecule has 0 atom stereocenters. The normalized spacial score (nSPS) is 10.1. The van der Waals surface area contributed by atoms with E-state index in [9.17, 15) is 3.10 Å². The molecule has 60 valence electrons. The Morgan fingerprint density at radius 2 is 1.91 bits per heavy atom. The monoisotopic (exact) mass is 270 g/mol. The quantitative estimate of drug-likeness (QED) is 0.756. The number of methoxy groups -OCH3 is 1. The molecule has 0 spiro atoms. The van der Waals surface area contributed by atoms with Gasteiger partial charge in [0.2, 0.25) is 0 Å². The Labute approximate surface area is 72.2 Å². The molecule has 0 aliphatic rings. The standard InChI is InChI=1S/C7H8O3Te/c1-10-6-2-4-7(5-3-6)11(8)9/h2-5H,1H3,(H,8,9). The molecule has 4 heteroatoms. The molecule has 0 fully saturated rings. The minimum atomic E-state index is -3.14. The predicted molar refractivity (Wildman–Crippen MR) is 41.3 cm³/mol. The molecular weight excluding hydrogens is 260 g/mol. The number of hydrogen-bond donors (Lipinski definition) is 1. The maximum atomic E-state index is 10.6. The molecule has 1 aromatic rings. The fourth-order valence-corrected chi connectivity index (χ4v) is 1.75. The average Bonchev–Trinajstić information content (AvgIpc) is 2.05. The topological polar surface area (TPSA) is 46.5 Å². The van der Waals surface area contributed by atoms with Crippen LogP contribution in [0.4, 0.5) is 0 Å². The zero-order chi connectivity index (χ0) is 8.27. The predicted octanol–water partition coefficient (Wildman–Crippen LogP) is -0.187. The number of benzene rings is 1. The van der Waals surface area contributed by atoms with E-state index in [0.717, 1.165) is 0 Å². The molecular formula is C7H8O3Te. The maximum absolute atomic E-state index is 10.6. The summed E-state index contributed by atoms with van der Waals surface area (Å²) in [5, 5.41) is 0. The first-order valence-electron chi connectivity index (χ1n) is 2.99. The van der Waals surface area contributed by atoms with E-state index in [0.29, 0.717) is 9.36 Å². The van der Waals surface area contributed by atoms with E-state index < -0.39 is 19.9 Å². The van der Waals surface area contributed by atoms with E-state index in [1.165, 1.54) is 0 Å². The second-order valence-corrected chi connectivity index (χ2v) is 4.69. The molecule has 3 nitrogen and oxygen atoms in total. The summed E-state index contributed by atoms with van der Waals surface area (Å²) in [6.45, 7) is 0. The number of ether oxygens (including phenoxy) is 1. The van der Waals surface area contributed by atoms with Gasteiger partial charge in [0, 0.05) is 0 Å². The molecule has 0 aliphatic heterocycles. The van der Waals surface area contributed by atoms with Crippen LogP contribution in [0, 0.1) is 0 Å². The summed E-state index contributed by atoms with van der Waals surface area (Å²) in [6.07, 6.45) is 0. The summed E-state index contributed by atoms with van der Waals surface area (Å²) in [5.74, 6) is 0.703. The summed E-state index contributed by atoms with van der Waals surface area (Å²) in [5.41, 5.74) is 0. The van der Waals surface area contributed by atoms with Gasteiger partial charge in [0.15, 0.2) is 0 Å². The zero-order valence-electron chi connectivity index (χ0n) is 5.98. The Morgan fingerprint density at radius 1 is 1.36 bits per heavy atom. The van der Waals surface area contributed by atoms with Crippen molar-refractivity contribution in [2.75, 3.05) is 7.11 Å². The van der Waals surface area contributed by atoms with Crippen LogP contribution in [-0.2, 0) is 3.10 Å². The van der Waals surface area contributed by atoms with Crippen molar-refractivity contribution in [1.82, 2.24) is 0 Å². The van der Waals surface area contributed by atoms with Crippen molar-refractivity contribution < 1.29 is 11.3 Å². The number of hydrogen-bond acceptors (Lipinski definition) is 2. The van der Waals surface area contributed by atoms with E-state index in [2.05, 4.69) is 0 Å². The Bertz CT molecular complexity index is 255. The third kappa shape index (κ3) is 2.26. The molecule has 0 amide bonds. The van der Waals surface area contributed by atoms with Gasteiger partial charge in [-0.1, -0.05) is 0 Å². The molecule has 0 saturated carbocycles. The van der Waals surface area contributed by atoms with Crippen LogP contribution < -0.4 is 8.35 Å². The molecule has 1 rings (SSSR count). The van der Waals surface area contributed by atoms with Crippen molar-refractivity contribution >= 4 is 23.6 Å². The van der Waals surface area contributed by atoms with Gasteiger partial charge in [-0.15, -0.1) is 0 Å². The first-order valence-corrected chi connectivity index (χ1v) is 6.15. The molecule has 1 N–H and O–H groups in total. The van der Waals surface area contributed by atoms with E-state index >= 15 is 0 Å². The number of rotatable bonds is 2. The van der Waals surface area contributed by atoms with Gasteiger partial charge in [-0.05, 0) is 0 Å². The van der Waals surface area contributed by atoms with Crippen LogP contribution in [0.1, 0.15) is 0 Å². The summed E-state index contributed by atoms with van der Waals surface area (Å²) in [4.78, 5) is 0. The average molecular weight is 268 g/mol. The van der Waals surface area contributed by atoms with Crippen LogP contribution in [0.3, 0.4) is 0 Å². The fourth-order valence-electron chi connectivity index (χ4n) is 0.692. The summed E-state index contributed by atoms with van der Waals surface area (Å²) in [7, 11) is 1.56. The van der Waals surface area contributed by atoms with Crippen molar-refractivity contribution in [3.05, 3.63) is 24.3 Å². The second kappa shape index (κ2) is 3.82. The van der Waals surface area contributed by atoms with Crippen molar-refractivity contribution in [2.45, 2.75) is 0 Å². The molecule has 0 aromatic heterocycles. The Morgan fingerprint density at radius 3 is 2.27 bits per heavy atom. The van der Waals surface area contributed by atoms with E-state index in [1.807, 2.05) is 0 Å². The summed E-state index contributed by atoms with van der Waals surface area (Å²) in [6, 6.07) is 6.58. The molecule has 0 saturated heterocycles. The third-order valence-electron chi connectivity index (χ3n) is 1.26. The molecule has 0 radical (unpaired) electrons. The van der Waals surface area contributed by atoms with Crippen LogP contribution in [0.5, 0.6) is 5.75 Å². The van der Waals surface area contributed by atoms with Crippen molar-refractivity contribution in [3.63, 3.8) is 0 Å². The van der Waals surface area contributed by atoms with Gasteiger partial charge in [-0.2, -0.15) is 0 Å². The molecule has 0 bridgehead atoms. The second-order valence-electron chi connectivity index (χ2n) is 1.92. The van der Waals surface area contributed by atoms with Crippen LogP contribution in [-0.4, -0.2) is 30.5 Å². The van der Waals surface area contributed by atoms with E-state index in [1.54, 1.807) is 31.4 Å². The summed E-state index contributed by atoms with van der Waals surface area (Å²) >= 11 is -3.14. The van der Waals surface area contributed by atoms with E-state index in [4.69, 9.17) is 8.21 Å². The van der Waals surface area contributed by atoms with Gasteiger partial charge in [-0.25, -0.2) is 0 Å². The van der Waals surface area contributed by atoms with Gasteiger partial charge in [0.05, 0.1) is 0 Å². The van der Waals surface area contributed by atoms with Crippen molar-refractivity contribution in [1.29, 1.82) is 0 Å². The Kier molecular flexibility index (Phi) is 3.01. The Hall–Kier alpha value is -0.430. The van der Waals surface area contributed by atoms with Crippen LogP contribution in [0.2, 0.25) is 0 Å². The van der Waals surface area contributed by atoms with E-state index in [-0.39, 0.29) is 0 Å². The SMILES string of the molecule is COc1ccc([Te](=O)O)cc1. The first-order chi connectivity index (χ1) is 5.24. The fraction of sp³-hybridized carbons (Fsp3) is 0.143. The third-order valence-corrected chi connectivity index (χ3v) is 3.19. The van der Waals surface area contributed by atoms with Crippen molar-refractivity contribution in [2.24, 2.45) is 0 Å². The molecule has 0 aliphatic carbocycles. The zero-order valence-corrected chi connectivity index (χ0v) is 8.31. The van der Waals surface area contributed by atoms with Gasteiger partial charge in [0.1, 0.15) is 0 Å². The van der Waals surface area contributed by atoms with Crippen LogP contribution in [0.25, 0.3) is 0 Å². The van der Waals surface area contributed by atoms with Crippen LogP contribution >= 0.6 is 0 Å². The molecule has 0 heterocycles. The van der Waals surface area contributed by atoms with Crippen LogP contribution in [0.15, 0.2) is 24.3 Å². The first kappa shape index (κ1) is 8.66. The molecule has 0 unspecified atom stereocenters. The Balaban J connectivity index is 2.91. The molecule has 1 aromatic carbocycles. The van der Waals surface area contributed by atoms with Crippen molar-refractivity contribution in [3.8, 4) is 5.75 Å². The minimum absolute atomic E-state index is 0.523. The van der Waals surface area contributed by atoms with Gasteiger partial charge < -0.3 is 0 Å².